The van der Waals surface area contributed by atoms with Gasteiger partial charge in [-0.05, 0) is 46.9 Å². The van der Waals surface area contributed by atoms with E-state index in [2.05, 4.69) is 15.3 Å². The molecule has 7 nitrogen and oxygen atoms in total. The normalized spacial score (nSPS) is 13.5. The summed E-state index contributed by atoms with van der Waals surface area (Å²) in [4.78, 5) is 37.8. The van der Waals surface area contributed by atoms with Gasteiger partial charge in [-0.25, -0.2) is 4.79 Å². The Morgan fingerprint density at radius 2 is 1.91 bits per heavy atom. The van der Waals surface area contributed by atoms with Gasteiger partial charge in [0.05, 0.1) is 26.0 Å². The van der Waals surface area contributed by atoms with Gasteiger partial charge < -0.3 is 10.2 Å². The summed E-state index contributed by atoms with van der Waals surface area (Å²) >= 11 is 1.88. The smallest absolute Gasteiger partial charge is 0.352 e. The molecule has 1 N–H and O–H groups in total. The zero-order chi connectivity index (χ0) is 24.0. The Bertz CT molecular complexity index is 1470. The highest BCUT2D eigenvalue weighted by Gasteiger charge is 2.43. The van der Waals surface area contributed by atoms with E-state index in [1.165, 1.54) is 6.20 Å². The van der Waals surface area contributed by atoms with Crippen LogP contribution in [-0.2, 0) is 11.2 Å². The lowest BCUT2D eigenvalue weighted by atomic mass is 10.1. The van der Waals surface area contributed by atoms with Gasteiger partial charge in [-0.2, -0.15) is 17.9 Å². The van der Waals surface area contributed by atoms with Crippen molar-refractivity contribution in [2.75, 3.05) is 6.54 Å². The highest BCUT2D eigenvalue weighted by molar-refractivity contribution is 14.1. The molecule has 4 heterocycles. The molecule has 0 unspecified atom stereocenters. The standard InChI is InChI=1S/C23H14F3IN4O3/c24-23(25,26)22(33)34-31-17-6-8-29-21(32)18(17)19(27)20(31)13-5-7-28-16(10-13)14-9-12-3-1-2-4-15(12)30-11-14/h1-5,7,9-11H,6,8H2,(H,29,32). The van der Waals surface area contributed by atoms with Crippen molar-refractivity contribution >= 4 is 45.4 Å². The van der Waals surface area contributed by atoms with Crippen LogP contribution in [0, 0.1) is 3.57 Å². The number of amides is 1. The van der Waals surface area contributed by atoms with Crippen LogP contribution in [0.15, 0.2) is 54.9 Å². The fourth-order valence-corrected chi connectivity index (χ4v) is 4.92. The molecule has 172 valence electrons. The molecule has 1 aliphatic rings. The summed E-state index contributed by atoms with van der Waals surface area (Å²) in [6, 6.07) is 12.7. The average Bonchev–Trinajstić information content (AvgIpc) is 3.10. The first-order valence-corrected chi connectivity index (χ1v) is 11.1. The molecule has 3 aromatic heterocycles. The molecule has 0 aliphatic carbocycles. The number of fused-ring (bicyclic) bond motifs is 2. The summed E-state index contributed by atoms with van der Waals surface area (Å²) in [6.07, 6.45) is -1.84. The summed E-state index contributed by atoms with van der Waals surface area (Å²) in [5, 5.41) is 3.57. The predicted molar refractivity (Wildman–Crippen MR) is 125 cm³/mol. The lowest BCUT2D eigenvalue weighted by molar-refractivity contribution is -0.199. The largest absolute Gasteiger partial charge is 0.493 e. The number of aromatic nitrogens is 3. The lowest BCUT2D eigenvalue weighted by Crippen LogP contribution is -2.37. The maximum atomic E-state index is 13.0. The second-order valence-electron chi connectivity index (χ2n) is 7.51. The molecule has 11 heteroatoms. The first kappa shape index (κ1) is 22.3. The number of pyridine rings is 2. The van der Waals surface area contributed by atoms with Gasteiger partial charge in [0.25, 0.3) is 5.91 Å². The minimum absolute atomic E-state index is 0.164. The van der Waals surface area contributed by atoms with E-state index in [9.17, 15) is 22.8 Å². The molecule has 34 heavy (non-hydrogen) atoms. The molecule has 0 bridgehead atoms. The number of benzene rings is 1. The van der Waals surface area contributed by atoms with Crippen LogP contribution in [-0.4, -0.2) is 39.3 Å². The Morgan fingerprint density at radius 1 is 1.12 bits per heavy atom. The number of carbonyl (C=O) groups is 2. The van der Waals surface area contributed by atoms with Gasteiger partial charge >= 0.3 is 12.1 Å². The number of para-hydroxylation sites is 1. The Hall–Kier alpha value is -3.48. The van der Waals surface area contributed by atoms with Crippen LogP contribution in [0.25, 0.3) is 33.4 Å². The van der Waals surface area contributed by atoms with Crippen molar-refractivity contribution in [3.63, 3.8) is 0 Å². The van der Waals surface area contributed by atoms with Crippen molar-refractivity contribution in [1.82, 2.24) is 20.0 Å². The zero-order valence-electron chi connectivity index (χ0n) is 17.2. The molecule has 5 rings (SSSR count). The van der Waals surface area contributed by atoms with E-state index in [0.29, 0.717) is 20.4 Å². The van der Waals surface area contributed by atoms with Crippen LogP contribution >= 0.6 is 22.6 Å². The van der Waals surface area contributed by atoms with E-state index in [4.69, 9.17) is 4.84 Å². The van der Waals surface area contributed by atoms with Crippen LogP contribution < -0.4 is 10.2 Å². The second-order valence-corrected chi connectivity index (χ2v) is 8.59. The third-order valence-electron chi connectivity index (χ3n) is 5.36. The molecule has 0 radical (unpaired) electrons. The quantitative estimate of drug-likeness (QED) is 0.369. The number of hydrogen-bond donors (Lipinski definition) is 1. The van der Waals surface area contributed by atoms with E-state index in [1.807, 2.05) is 52.9 Å². The SMILES string of the molecule is O=C1NCCc2c1c(I)c(-c1ccnc(-c3cnc4ccccc4c3)c1)n2OC(=O)C(F)(F)F. The van der Waals surface area contributed by atoms with Crippen molar-refractivity contribution < 1.29 is 27.6 Å². The van der Waals surface area contributed by atoms with Gasteiger partial charge in [-0.3, -0.25) is 14.8 Å². The summed E-state index contributed by atoms with van der Waals surface area (Å²) in [5.74, 6) is -2.82. The van der Waals surface area contributed by atoms with Crippen molar-refractivity contribution in [3.8, 4) is 22.5 Å². The summed E-state index contributed by atoms with van der Waals surface area (Å²) in [5.41, 5.74) is 3.00. The summed E-state index contributed by atoms with van der Waals surface area (Å²) < 4.78 is 40.2. The van der Waals surface area contributed by atoms with E-state index in [1.54, 1.807) is 18.3 Å². The molecule has 1 aromatic carbocycles. The fraction of sp³-hybridized carbons (Fsp3) is 0.130. The van der Waals surface area contributed by atoms with Crippen molar-refractivity contribution in [2.24, 2.45) is 0 Å². The van der Waals surface area contributed by atoms with Crippen LogP contribution in [0.3, 0.4) is 0 Å². The number of alkyl halides is 3. The van der Waals surface area contributed by atoms with Gasteiger partial charge in [-0.15, -0.1) is 0 Å². The Morgan fingerprint density at radius 3 is 2.71 bits per heavy atom. The molecule has 1 aliphatic heterocycles. The van der Waals surface area contributed by atoms with Gasteiger partial charge in [0.2, 0.25) is 0 Å². The minimum atomic E-state index is -5.20. The van der Waals surface area contributed by atoms with Crippen LogP contribution in [0.1, 0.15) is 16.1 Å². The van der Waals surface area contributed by atoms with Crippen molar-refractivity contribution in [1.29, 1.82) is 0 Å². The van der Waals surface area contributed by atoms with E-state index >= 15 is 0 Å². The molecule has 0 spiro atoms. The zero-order valence-corrected chi connectivity index (χ0v) is 19.3. The molecule has 0 fully saturated rings. The molecule has 0 saturated carbocycles. The number of nitrogens with zero attached hydrogens (tertiary/aromatic N) is 3. The van der Waals surface area contributed by atoms with Crippen LogP contribution in [0.4, 0.5) is 13.2 Å². The molecular formula is C23H14F3IN4O3. The summed E-state index contributed by atoms with van der Waals surface area (Å²) in [7, 11) is 0. The number of halogens is 4. The molecule has 1 amide bonds. The van der Waals surface area contributed by atoms with Gasteiger partial charge in [0.15, 0.2) is 0 Å². The Kier molecular flexibility index (Phi) is 5.50. The fourth-order valence-electron chi connectivity index (χ4n) is 3.84. The Labute approximate surface area is 204 Å². The Balaban J connectivity index is 1.66. The number of nitrogens with one attached hydrogen (secondary N) is 1. The van der Waals surface area contributed by atoms with Gasteiger partial charge in [0, 0.05) is 41.9 Å². The molecular weight excluding hydrogens is 564 g/mol. The first-order valence-electron chi connectivity index (χ1n) is 10.1. The van der Waals surface area contributed by atoms with Crippen molar-refractivity contribution in [3.05, 3.63) is 69.7 Å². The van der Waals surface area contributed by atoms with E-state index in [-0.39, 0.29) is 29.9 Å². The lowest BCUT2D eigenvalue weighted by Gasteiger charge is -2.17. The topological polar surface area (TPSA) is 86.1 Å². The monoisotopic (exact) mass is 578 g/mol. The predicted octanol–water partition coefficient (Wildman–Crippen LogP) is 4.17. The number of rotatable bonds is 3. The third-order valence-corrected chi connectivity index (χ3v) is 6.41. The molecule has 0 atom stereocenters. The molecule has 4 aromatic rings. The van der Waals surface area contributed by atoms with Gasteiger partial charge in [-0.1, -0.05) is 18.2 Å². The maximum Gasteiger partial charge on any atom is 0.493 e. The van der Waals surface area contributed by atoms with Crippen LogP contribution in [0.5, 0.6) is 0 Å². The minimum Gasteiger partial charge on any atom is -0.352 e. The van der Waals surface area contributed by atoms with E-state index < -0.39 is 18.1 Å². The average molecular weight is 578 g/mol. The second kappa shape index (κ2) is 8.38. The highest BCUT2D eigenvalue weighted by atomic mass is 127. The molecule has 0 saturated heterocycles. The first-order chi connectivity index (χ1) is 16.2. The third kappa shape index (κ3) is 3.89. The van der Waals surface area contributed by atoms with Gasteiger partial charge in [0.1, 0.15) is 5.69 Å². The number of hydrogen-bond acceptors (Lipinski definition) is 5. The summed E-state index contributed by atoms with van der Waals surface area (Å²) in [6.45, 7) is 0.208. The van der Waals surface area contributed by atoms with E-state index in [0.717, 1.165) is 15.6 Å². The highest BCUT2D eigenvalue weighted by Crippen LogP contribution is 2.36. The maximum absolute atomic E-state index is 13.0. The van der Waals surface area contributed by atoms with Crippen LogP contribution in [0.2, 0.25) is 0 Å². The van der Waals surface area contributed by atoms with Crippen molar-refractivity contribution in [2.45, 2.75) is 12.6 Å². The number of carbonyl (C=O) groups excluding carboxylic acids is 2.